The maximum Gasteiger partial charge on any atom is 0.212 e. The maximum absolute atomic E-state index is 9.48. The highest BCUT2D eigenvalue weighted by molar-refractivity contribution is 9.10. The lowest BCUT2D eigenvalue weighted by atomic mass is 10.2. The largest absolute Gasteiger partial charge is 0.493 e. The molecule has 5 heteroatoms. The van der Waals surface area contributed by atoms with Crippen LogP contribution in [0.25, 0.3) is 16.9 Å². The van der Waals surface area contributed by atoms with Gasteiger partial charge in [-0.2, -0.15) is 4.98 Å². The maximum atomic E-state index is 9.48. The van der Waals surface area contributed by atoms with Crippen molar-refractivity contribution in [2.45, 2.75) is 6.92 Å². The summed E-state index contributed by atoms with van der Waals surface area (Å²) in [6, 6.07) is 9.26. The highest BCUT2D eigenvalue weighted by Gasteiger charge is 2.10. The minimum Gasteiger partial charge on any atom is -0.493 e. The van der Waals surface area contributed by atoms with Crippen LogP contribution in [0, 0.1) is 6.92 Å². The molecule has 0 aliphatic carbocycles. The molecule has 0 aliphatic heterocycles. The second-order valence-corrected chi connectivity index (χ2v) is 4.83. The average Bonchev–Trinajstić information content (AvgIpc) is 2.75. The highest BCUT2D eigenvalue weighted by atomic mass is 79.9. The molecule has 0 radical (unpaired) electrons. The van der Waals surface area contributed by atoms with Crippen molar-refractivity contribution in [1.82, 2.24) is 14.5 Å². The Morgan fingerprint density at radius 2 is 2.06 bits per heavy atom. The van der Waals surface area contributed by atoms with Crippen LogP contribution in [0.3, 0.4) is 0 Å². The van der Waals surface area contributed by atoms with Gasteiger partial charge >= 0.3 is 0 Å². The summed E-state index contributed by atoms with van der Waals surface area (Å²) in [5.41, 5.74) is 3.48. The van der Waals surface area contributed by atoms with Crippen LogP contribution in [0.1, 0.15) is 5.56 Å². The number of hydrogen-bond acceptors (Lipinski definition) is 3. The first-order valence-corrected chi connectivity index (χ1v) is 6.24. The molecule has 0 amide bonds. The summed E-state index contributed by atoms with van der Waals surface area (Å²) < 4.78 is 2.85. The molecule has 0 spiro atoms. The van der Waals surface area contributed by atoms with Gasteiger partial charge in [0.25, 0.3) is 0 Å². The highest BCUT2D eigenvalue weighted by Crippen LogP contribution is 2.27. The van der Waals surface area contributed by atoms with E-state index in [1.165, 1.54) is 6.07 Å². The molecule has 3 aromatic rings. The fourth-order valence-electron chi connectivity index (χ4n) is 1.88. The summed E-state index contributed by atoms with van der Waals surface area (Å²) >= 11 is 3.57. The lowest BCUT2D eigenvalue weighted by Gasteiger charge is -2.08. The Hall–Kier alpha value is -1.88. The van der Waals surface area contributed by atoms with Crippen LogP contribution in [0.15, 0.2) is 41.1 Å². The van der Waals surface area contributed by atoms with Gasteiger partial charge < -0.3 is 5.11 Å². The Morgan fingerprint density at radius 1 is 1.22 bits per heavy atom. The third-order valence-corrected chi connectivity index (χ3v) is 3.84. The molecule has 0 fully saturated rings. The zero-order chi connectivity index (χ0) is 12.7. The number of nitrogens with zero attached hydrogens (tertiary/aromatic N) is 3. The Kier molecular flexibility index (Phi) is 2.56. The summed E-state index contributed by atoms with van der Waals surface area (Å²) in [5.74, 6) is -0.00646. The Balaban J connectivity index is 2.32. The number of pyridine rings is 1. The zero-order valence-corrected chi connectivity index (χ0v) is 11.2. The topological polar surface area (TPSA) is 50.9 Å². The van der Waals surface area contributed by atoms with Crippen molar-refractivity contribution < 1.29 is 5.11 Å². The molecule has 0 atom stereocenters. The summed E-state index contributed by atoms with van der Waals surface area (Å²) in [6.07, 6.45) is 1.70. The fourth-order valence-corrected chi connectivity index (χ4v) is 2.33. The Morgan fingerprint density at radius 3 is 2.89 bits per heavy atom. The monoisotopic (exact) mass is 303 g/mol. The van der Waals surface area contributed by atoms with E-state index in [4.69, 9.17) is 0 Å². The van der Waals surface area contributed by atoms with E-state index < -0.39 is 0 Å². The van der Waals surface area contributed by atoms with Crippen molar-refractivity contribution in [2.24, 2.45) is 0 Å². The van der Waals surface area contributed by atoms with E-state index in [9.17, 15) is 5.11 Å². The minimum absolute atomic E-state index is 0.00646. The summed E-state index contributed by atoms with van der Waals surface area (Å²) in [6.45, 7) is 2.03. The van der Waals surface area contributed by atoms with E-state index in [0.29, 0.717) is 5.65 Å². The number of fused-ring (bicyclic) bond motifs is 1. The van der Waals surface area contributed by atoms with Crippen LogP contribution in [0.4, 0.5) is 0 Å². The molecule has 1 N–H and O–H groups in total. The van der Waals surface area contributed by atoms with E-state index in [-0.39, 0.29) is 5.88 Å². The standard InChI is InChI=1S/C13H10BrN3O/c1-8-3-2-4-10(12(8)14)17-7-15-9-5-6-11(18)16-13(9)17/h2-7H,1H3,(H,16,18). The average molecular weight is 304 g/mol. The first kappa shape index (κ1) is 11.2. The normalized spacial score (nSPS) is 11.0. The molecule has 0 aliphatic rings. The number of hydrogen-bond donors (Lipinski definition) is 1. The summed E-state index contributed by atoms with van der Waals surface area (Å²) in [4.78, 5) is 8.39. The van der Waals surface area contributed by atoms with Gasteiger partial charge in [-0.1, -0.05) is 12.1 Å². The van der Waals surface area contributed by atoms with Crippen LogP contribution in [0.5, 0.6) is 5.88 Å². The Bertz CT molecular complexity index is 736. The van der Waals surface area contributed by atoms with Crippen LogP contribution in [-0.4, -0.2) is 19.6 Å². The van der Waals surface area contributed by atoms with Gasteiger partial charge in [0.2, 0.25) is 5.88 Å². The van der Waals surface area contributed by atoms with Crippen molar-refractivity contribution in [1.29, 1.82) is 0 Å². The molecule has 2 heterocycles. The van der Waals surface area contributed by atoms with Crippen molar-refractivity contribution in [3.8, 4) is 11.6 Å². The molecule has 18 heavy (non-hydrogen) atoms. The molecule has 0 saturated carbocycles. The molecule has 0 saturated heterocycles. The van der Waals surface area contributed by atoms with E-state index in [1.54, 1.807) is 12.4 Å². The molecule has 0 unspecified atom stereocenters. The summed E-state index contributed by atoms with van der Waals surface area (Å²) in [7, 11) is 0. The van der Waals surface area contributed by atoms with Gasteiger partial charge in [0.05, 0.1) is 5.69 Å². The van der Waals surface area contributed by atoms with Crippen molar-refractivity contribution in [3.63, 3.8) is 0 Å². The Labute approximate surface area is 112 Å². The first-order chi connectivity index (χ1) is 8.66. The number of benzene rings is 1. The van der Waals surface area contributed by atoms with Gasteiger partial charge in [-0.15, -0.1) is 0 Å². The minimum atomic E-state index is -0.00646. The molecule has 90 valence electrons. The van der Waals surface area contributed by atoms with Crippen molar-refractivity contribution in [2.75, 3.05) is 0 Å². The predicted octanol–water partition coefficient (Wildman–Crippen LogP) is 3.20. The number of aromatic hydroxyl groups is 1. The molecular weight excluding hydrogens is 294 g/mol. The van der Waals surface area contributed by atoms with E-state index in [1.807, 2.05) is 29.7 Å². The van der Waals surface area contributed by atoms with E-state index in [0.717, 1.165) is 21.2 Å². The second-order valence-electron chi connectivity index (χ2n) is 4.03. The van der Waals surface area contributed by atoms with Gasteiger partial charge in [-0.3, -0.25) is 4.57 Å². The SMILES string of the molecule is Cc1cccc(-n2cnc3ccc(O)nc32)c1Br. The lowest BCUT2D eigenvalue weighted by molar-refractivity contribution is 0.455. The number of aryl methyl sites for hydroxylation is 1. The molecule has 1 aromatic carbocycles. The van der Waals surface area contributed by atoms with Crippen LogP contribution in [0.2, 0.25) is 0 Å². The van der Waals surface area contributed by atoms with E-state index in [2.05, 4.69) is 25.9 Å². The third-order valence-electron chi connectivity index (χ3n) is 2.81. The predicted molar refractivity (Wildman–Crippen MR) is 73.0 cm³/mol. The first-order valence-electron chi connectivity index (χ1n) is 5.45. The van der Waals surface area contributed by atoms with Crippen LogP contribution >= 0.6 is 15.9 Å². The molecule has 2 aromatic heterocycles. The number of aromatic nitrogens is 3. The van der Waals surface area contributed by atoms with Crippen LogP contribution in [-0.2, 0) is 0 Å². The van der Waals surface area contributed by atoms with Gasteiger partial charge in [0.1, 0.15) is 11.8 Å². The van der Waals surface area contributed by atoms with Gasteiger partial charge in [-0.25, -0.2) is 4.98 Å². The number of halogens is 1. The smallest absolute Gasteiger partial charge is 0.212 e. The lowest BCUT2D eigenvalue weighted by Crippen LogP contribution is -1.96. The molecule has 3 rings (SSSR count). The molecule has 4 nitrogen and oxygen atoms in total. The van der Waals surface area contributed by atoms with Crippen molar-refractivity contribution in [3.05, 3.63) is 46.7 Å². The number of rotatable bonds is 1. The summed E-state index contributed by atoms with van der Waals surface area (Å²) in [5, 5.41) is 9.48. The molecular formula is C13H10BrN3O. The van der Waals surface area contributed by atoms with Gasteiger partial charge in [-0.05, 0) is 40.5 Å². The van der Waals surface area contributed by atoms with Gasteiger partial charge in [0, 0.05) is 10.5 Å². The molecule has 0 bridgehead atoms. The second kappa shape index (κ2) is 4.10. The fraction of sp³-hybridized carbons (Fsp3) is 0.0769. The number of imidazole rings is 1. The van der Waals surface area contributed by atoms with E-state index >= 15 is 0 Å². The van der Waals surface area contributed by atoms with Crippen molar-refractivity contribution >= 4 is 27.1 Å². The van der Waals surface area contributed by atoms with Gasteiger partial charge in [0.15, 0.2) is 5.65 Å². The third kappa shape index (κ3) is 1.67. The van der Waals surface area contributed by atoms with Crippen LogP contribution < -0.4 is 0 Å². The quantitative estimate of drug-likeness (QED) is 0.751. The zero-order valence-electron chi connectivity index (χ0n) is 9.63.